The molecule has 0 bridgehead atoms. The number of nitrogens with zero attached hydrogens (tertiary/aromatic N) is 4. The zero-order chi connectivity index (χ0) is 22.5. The van der Waals surface area contributed by atoms with Crippen LogP contribution in [0.4, 0.5) is 5.82 Å². The Morgan fingerprint density at radius 2 is 1.91 bits per heavy atom. The van der Waals surface area contributed by atoms with Crippen molar-refractivity contribution in [1.29, 1.82) is 0 Å². The van der Waals surface area contributed by atoms with Crippen LogP contribution in [0.25, 0.3) is 16.7 Å². The standard InChI is InChI=1S/C22H26N6O4/c1-14-26-27-22-21(24-9-5-4-8-23-20(29)11-15-7-6-10-32-15)25-16-12-18(30-2)19(31-3)13-17(16)28(14)22/h6-7,10,12-13H,4-5,8-9,11H2,1-3H3,(H,23,29)(H,24,25). The first-order valence-electron chi connectivity index (χ1n) is 10.4. The van der Waals surface area contributed by atoms with Crippen molar-refractivity contribution in [3.8, 4) is 11.5 Å². The number of aromatic nitrogens is 4. The SMILES string of the molecule is COc1cc2nc(NCCCCNC(=O)Cc3ccco3)c3nnc(C)n3c2cc1OC. The molecule has 0 atom stereocenters. The Kier molecular flexibility index (Phi) is 6.39. The van der Waals surface area contributed by atoms with Crippen LogP contribution in [0.1, 0.15) is 24.4 Å². The van der Waals surface area contributed by atoms with Crippen LogP contribution in [-0.2, 0) is 11.2 Å². The summed E-state index contributed by atoms with van der Waals surface area (Å²) in [6.07, 6.45) is 3.50. The Balaban J connectivity index is 1.40. The van der Waals surface area contributed by atoms with Gasteiger partial charge in [-0.15, -0.1) is 10.2 Å². The van der Waals surface area contributed by atoms with Gasteiger partial charge in [-0.25, -0.2) is 4.98 Å². The molecule has 32 heavy (non-hydrogen) atoms. The normalized spacial score (nSPS) is 11.1. The Hall–Kier alpha value is -3.82. The lowest BCUT2D eigenvalue weighted by molar-refractivity contribution is -0.120. The highest BCUT2D eigenvalue weighted by Gasteiger charge is 2.16. The smallest absolute Gasteiger partial charge is 0.227 e. The molecule has 0 saturated heterocycles. The third-order valence-electron chi connectivity index (χ3n) is 5.12. The first kappa shape index (κ1) is 21.4. The van der Waals surface area contributed by atoms with Gasteiger partial charge in [0.05, 0.1) is 37.9 Å². The van der Waals surface area contributed by atoms with Gasteiger partial charge in [-0.3, -0.25) is 9.20 Å². The Labute approximate surface area is 184 Å². The number of rotatable bonds is 10. The van der Waals surface area contributed by atoms with Crippen molar-refractivity contribution < 1.29 is 18.7 Å². The number of carbonyl (C=O) groups is 1. The molecule has 1 aromatic carbocycles. The molecule has 0 radical (unpaired) electrons. The lowest BCUT2D eigenvalue weighted by Gasteiger charge is -2.13. The molecule has 1 amide bonds. The van der Waals surface area contributed by atoms with Gasteiger partial charge in [0, 0.05) is 25.2 Å². The fraction of sp³-hybridized carbons (Fsp3) is 0.364. The largest absolute Gasteiger partial charge is 0.493 e. The third-order valence-corrected chi connectivity index (χ3v) is 5.12. The van der Waals surface area contributed by atoms with Crippen LogP contribution < -0.4 is 20.1 Å². The summed E-state index contributed by atoms with van der Waals surface area (Å²) in [4.78, 5) is 16.6. The molecule has 0 unspecified atom stereocenters. The lowest BCUT2D eigenvalue weighted by Crippen LogP contribution is -2.26. The van der Waals surface area contributed by atoms with E-state index in [4.69, 9.17) is 18.9 Å². The lowest BCUT2D eigenvalue weighted by atomic mass is 10.2. The second-order valence-corrected chi connectivity index (χ2v) is 7.30. The number of benzene rings is 1. The second kappa shape index (κ2) is 9.54. The summed E-state index contributed by atoms with van der Waals surface area (Å²) in [6.45, 7) is 3.18. The van der Waals surface area contributed by atoms with Crippen LogP contribution in [0.2, 0.25) is 0 Å². The van der Waals surface area contributed by atoms with Crippen molar-refractivity contribution in [2.75, 3.05) is 32.6 Å². The van der Waals surface area contributed by atoms with E-state index in [2.05, 4.69) is 20.8 Å². The van der Waals surface area contributed by atoms with E-state index in [1.807, 2.05) is 23.5 Å². The molecule has 10 heteroatoms. The van der Waals surface area contributed by atoms with Crippen molar-refractivity contribution in [2.24, 2.45) is 0 Å². The number of furan rings is 1. The quantitative estimate of drug-likeness (QED) is 0.363. The summed E-state index contributed by atoms with van der Waals surface area (Å²) in [7, 11) is 3.20. The van der Waals surface area contributed by atoms with Crippen LogP contribution in [0, 0.1) is 6.92 Å². The summed E-state index contributed by atoms with van der Waals surface area (Å²) >= 11 is 0. The van der Waals surface area contributed by atoms with E-state index in [1.165, 1.54) is 0 Å². The molecular weight excluding hydrogens is 412 g/mol. The summed E-state index contributed by atoms with van der Waals surface area (Å²) in [6, 6.07) is 7.28. The first-order valence-corrected chi connectivity index (χ1v) is 10.4. The van der Waals surface area contributed by atoms with E-state index in [9.17, 15) is 4.79 Å². The molecule has 0 spiro atoms. The molecule has 2 N–H and O–H groups in total. The molecule has 0 saturated carbocycles. The summed E-state index contributed by atoms with van der Waals surface area (Å²) in [5.41, 5.74) is 2.23. The van der Waals surface area contributed by atoms with E-state index in [1.54, 1.807) is 32.6 Å². The highest BCUT2D eigenvalue weighted by atomic mass is 16.5. The molecule has 168 valence electrons. The number of fused-ring (bicyclic) bond motifs is 3. The van der Waals surface area contributed by atoms with Gasteiger partial charge in [0.15, 0.2) is 17.3 Å². The molecule has 3 heterocycles. The molecule has 4 aromatic rings. The van der Waals surface area contributed by atoms with Crippen LogP contribution in [0.15, 0.2) is 34.9 Å². The molecular formula is C22H26N6O4. The molecule has 10 nitrogen and oxygen atoms in total. The predicted molar refractivity (Wildman–Crippen MR) is 119 cm³/mol. The molecule has 0 aliphatic heterocycles. The number of methoxy groups -OCH3 is 2. The van der Waals surface area contributed by atoms with Crippen molar-refractivity contribution >= 4 is 28.4 Å². The number of hydrogen-bond donors (Lipinski definition) is 2. The van der Waals surface area contributed by atoms with Crippen molar-refractivity contribution in [3.63, 3.8) is 0 Å². The fourth-order valence-electron chi connectivity index (χ4n) is 3.54. The molecule has 0 fully saturated rings. The monoisotopic (exact) mass is 438 g/mol. The van der Waals surface area contributed by atoms with E-state index in [0.29, 0.717) is 41.8 Å². The number of aryl methyl sites for hydroxylation is 1. The summed E-state index contributed by atoms with van der Waals surface area (Å²) < 4.78 is 18.0. The average Bonchev–Trinajstić information content (AvgIpc) is 3.45. The molecule has 0 aliphatic carbocycles. The van der Waals surface area contributed by atoms with E-state index >= 15 is 0 Å². The van der Waals surface area contributed by atoms with Gasteiger partial charge in [-0.1, -0.05) is 0 Å². The number of unbranched alkanes of at least 4 members (excludes halogenated alkanes) is 1. The number of amides is 1. The average molecular weight is 438 g/mol. The summed E-state index contributed by atoms with van der Waals surface area (Å²) in [5.74, 6) is 3.23. The van der Waals surface area contributed by atoms with Crippen molar-refractivity contribution in [2.45, 2.75) is 26.2 Å². The zero-order valence-corrected chi connectivity index (χ0v) is 18.3. The number of carbonyl (C=O) groups excluding carboxylic acids is 1. The molecule has 3 aromatic heterocycles. The Morgan fingerprint density at radius 1 is 1.12 bits per heavy atom. The van der Waals surface area contributed by atoms with E-state index in [-0.39, 0.29) is 12.3 Å². The minimum atomic E-state index is -0.0471. The van der Waals surface area contributed by atoms with Gasteiger partial charge in [0.25, 0.3) is 0 Å². The molecule has 0 aliphatic rings. The Morgan fingerprint density at radius 3 is 2.66 bits per heavy atom. The maximum absolute atomic E-state index is 11.9. The minimum absolute atomic E-state index is 0.0471. The molecule has 4 rings (SSSR count). The van der Waals surface area contributed by atoms with Gasteiger partial charge in [0.1, 0.15) is 11.6 Å². The van der Waals surface area contributed by atoms with E-state index in [0.717, 1.165) is 29.7 Å². The van der Waals surface area contributed by atoms with Crippen LogP contribution >= 0.6 is 0 Å². The van der Waals surface area contributed by atoms with Crippen LogP contribution in [-0.4, -0.2) is 52.8 Å². The summed E-state index contributed by atoms with van der Waals surface area (Å²) in [5, 5.41) is 14.8. The maximum atomic E-state index is 11.9. The fourth-order valence-corrected chi connectivity index (χ4v) is 3.54. The number of anilines is 1. The number of nitrogens with one attached hydrogen (secondary N) is 2. The highest BCUT2D eigenvalue weighted by molar-refractivity contribution is 5.85. The number of hydrogen-bond acceptors (Lipinski definition) is 8. The zero-order valence-electron chi connectivity index (χ0n) is 18.3. The maximum Gasteiger partial charge on any atom is 0.227 e. The second-order valence-electron chi connectivity index (χ2n) is 7.30. The van der Waals surface area contributed by atoms with Gasteiger partial charge in [-0.05, 0) is 31.9 Å². The van der Waals surface area contributed by atoms with Gasteiger partial charge < -0.3 is 24.5 Å². The van der Waals surface area contributed by atoms with Gasteiger partial charge >= 0.3 is 0 Å². The highest BCUT2D eigenvalue weighted by Crippen LogP contribution is 2.33. The number of ether oxygens (including phenoxy) is 2. The van der Waals surface area contributed by atoms with E-state index < -0.39 is 0 Å². The topological polar surface area (TPSA) is 116 Å². The predicted octanol–water partition coefficient (Wildman–Crippen LogP) is 2.75. The van der Waals surface area contributed by atoms with Crippen molar-refractivity contribution in [3.05, 3.63) is 42.1 Å². The van der Waals surface area contributed by atoms with Crippen LogP contribution in [0.5, 0.6) is 11.5 Å². The van der Waals surface area contributed by atoms with Crippen LogP contribution in [0.3, 0.4) is 0 Å². The van der Waals surface area contributed by atoms with Crippen molar-refractivity contribution in [1.82, 2.24) is 24.9 Å². The third kappa shape index (κ3) is 4.43. The Bertz CT molecular complexity index is 1220. The first-order chi connectivity index (χ1) is 15.6. The van der Waals surface area contributed by atoms with Gasteiger partial charge in [0.2, 0.25) is 11.6 Å². The minimum Gasteiger partial charge on any atom is -0.493 e. The van der Waals surface area contributed by atoms with Gasteiger partial charge in [-0.2, -0.15) is 0 Å².